The third-order valence-corrected chi connectivity index (χ3v) is 5.10. The number of hydrogen-bond donors (Lipinski definition) is 1. The number of halogens is 1. The third kappa shape index (κ3) is 5.59. The fraction of sp³-hybridized carbons (Fsp3) is 0.200. The Morgan fingerprint density at radius 3 is 2.12 bits per heavy atom. The molecule has 1 N–H and O–H groups in total. The summed E-state index contributed by atoms with van der Waals surface area (Å²) in [5.74, 6) is -0.655. The smallest absolute Gasteiger partial charge is 0.255 e. The maximum Gasteiger partial charge on any atom is 0.255 e. The topological polar surface area (TPSA) is 87.7 Å². The lowest BCUT2D eigenvalue weighted by atomic mass is 10.0. The number of carbonyl (C=O) groups is 2. The van der Waals surface area contributed by atoms with Crippen molar-refractivity contribution in [1.29, 1.82) is 0 Å². The second-order valence-corrected chi connectivity index (χ2v) is 8.08. The quantitative estimate of drug-likeness (QED) is 0.560. The summed E-state index contributed by atoms with van der Waals surface area (Å²) in [6.07, 6.45) is 0. The van der Waals surface area contributed by atoms with Gasteiger partial charge < -0.3 is 24.7 Å². The number of aliphatic carboxylic acids is 1. The zero-order valence-electron chi connectivity index (χ0n) is 18.0. The van der Waals surface area contributed by atoms with Gasteiger partial charge in [-0.1, -0.05) is 48.0 Å². The predicted octanol–water partition coefficient (Wildman–Crippen LogP) is 3.85. The molecule has 0 aromatic heterocycles. The third-order valence-electron chi connectivity index (χ3n) is 4.87. The molecule has 0 radical (unpaired) electrons. The van der Waals surface area contributed by atoms with E-state index in [-0.39, 0.29) is 5.91 Å². The van der Waals surface area contributed by atoms with Gasteiger partial charge in [0.1, 0.15) is 17.1 Å². The molecule has 32 heavy (non-hydrogen) atoms. The van der Waals surface area contributed by atoms with E-state index in [0.717, 1.165) is 16.7 Å². The number of carbonyl (C=O) groups excluding carboxylic acids is 2. The van der Waals surface area contributed by atoms with Gasteiger partial charge in [0.05, 0.1) is 18.6 Å². The van der Waals surface area contributed by atoms with Crippen LogP contribution in [0.25, 0.3) is 11.1 Å². The van der Waals surface area contributed by atoms with Gasteiger partial charge in [-0.25, -0.2) is 0 Å². The molecule has 0 aliphatic rings. The number of carboxylic acid groups (broad SMARTS) is 1. The van der Waals surface area contributed by atoms with Gasteiger partial charge in [-0.15, -0.1) is 0 Å². The molecule has 0 spiro atoms. The van der Waals surface area contributed by atoms with E-state index in [0.29, 0.717) is 28.6 Å². The second-order valence-electron chi connectivity index (χ2n) is 7.65. The van der Waals surface area contributed by atoms with Crippen molar-refractivity contribution in [2.75, 3.05) is 7.11 Å². The van der Waals surface area contributed by atoms with Crippen molar-refractivity contribution >= 4 is 23.5 Å². The largest absolute Gasteiger partial charge is 0.546 e. The van der Waals surface area contributed by atoms with Crippen LogP contribution in [-0.4, -0.2) is 24.6 Å². The van der Waals surface area contributed by atoms with Crippen LogP contribution >= 0.6 is 11.6 Å². The van der Waals surface area contributed by atoms with E-state index in [2.05, 4.69) is 5.32 Å². The summed E-state index contributed by atoms with van der Waals surface area (Å²) >= 11 is 5.99. The molecule has 3 rings (SSSR count). The molecule has 0 aliphatic carbocycles. The van der Waals surface area contributed by atoms with Crippen LogP contribution < -0.4 is 19.9 Å². The molecular weight excluding hydrogens is 430 g/mol. The highest BCUT2D eigenvalue weighted by atomic mass is 35.5. The van der Waals surface area contributed by atoms with Crippen molar-refractivity contribution < 1.29 is 24.2 Å². The number of ether oxygens (including phenoxy) is 2. The molecule has 7 heteroatoms. The van der Waals surface area contributed by atoms with Crippen molar-refractivity contribution in [2.24, 2.45) is 0 Å². The van der Waals surface area contributed by atoms with Crippen LogP contribution in [0.4, 0.5) is 0 Å². The number of nitrogens with one attached hydrogen (secondary N) is 1. The van der Waals surface area contributed by atoms with Crippen LogP contribution in [-0.2, 0) is 11.3 Å². The molecule has 0 bridgehead atoms. The van der Waals surface area contributed by atoms with Gasteiger partial charge in [0.2, 0.25) is 0 Å². The summed E-state index contributed by atoms with van der Waals surface area (Å²) in [6.45, 7) is 3.23. The number of hydrogen-bond acceptors (Lipinski definition) is 5. The first-order valence-corrected chi connectivity index (χ1v) is 10.3. The molecular formula is C25H23ClNO5-. The van der Waals surface area contributed by atoms with Crippen molar-refractivity contribution in [3.8, 4) is 22.6 Å². The van der Waals surface area contributed by atoms with Gasteiger partial charge in [-0.3, -0.25) is 4.79 Å². The van der Waals surface area contributed by atoms with E-state index < -0.39 is 11.6 Å². The molecule has 0 saturated carbocycles. The molecule has 3 aromatic carbocycles. The molecule has 6 nitrogen and oxygen atoms in total. The molecule has 1 amide bonds. The van der Waals surface area contributed by atoms with Crippen molar-refractivity contribution in [1.82, 2.24) is 5.32 Å². The Morgan fingerprint density at radius 1 is 0.969 bits per heavy atom. The van der Waals surface area contributed by atoms with Crippen LogP contribution in [0.2, 0.25) is 5.02 Å². The summed E-state index contributed by atoms with van der Waals surface area (Å²) in [7, 11) is 1.50. The monoisotopic (exact) mass is 452 g/mol. The minimum atomic E-state index is -1.41. The summed E-state index contributed by atoms with van der Waals surface area (Å²) in [5, 5.41) is 14.4. The van der Waals surface area contributed by atoms with Gasteiger partial charge >= 0.3 is 0 Å². The van der Waals surface area contributed by atoms with Crippen LogP contribution in [0, 0.1) is 0 Å². The van der Waals surface area contributed by atoms with Crippen LogP contribution in [0.1, 0.15) is 29.8 Å². The number of amides is 1. The molecule has 0 aliphatic heterocycles. The minimum absolute atomic E-state index is 0.275. The standard InChI is InChI=1S/C25H24ClNO5/c1-25(2,24(29)30)32-20-11-8-18(9-12-20)17-6-4-16(5-7-17)15-27-23(28)21-14-19(26)10-13-22(21)31-3/h4-14H,15H2,1-3H3,(H,27,28)(H,29,30)/p-1. The fourth-order valence-corrected chi connectivity index (χ4v) is 3.17. The zero-order valence-corrected chi connectivity index (χ0v) is 18.7. The van der Waals surface area contributed by atoms with Gasteiger partial charge in [0, 0.05) is 11.6 Å². The Balaban J connectivity index is 1.63. The lowest BCUT2D eigenvalue weighted by Gasteiger charge is -2.27. The Morgan fingerprint density at radius 2 is 1.56 bits per heavy atom. The van der Waals surface area contributed by atoms with Crippen molar-refractivity contribution in [3.63, 3.8) is 0 Å². The van der Waals surface area contributed by atoms with Gasteiger partial charge in [-0.05, 0) is 60.9 Å². The molecule has 0 unspecified atom stereocenters. The second kappa shape index (κ2) is 9.75. The SMILES string of the molecule is COc1ccc(Cl)cc1C(=O)NCc1ccc(-c2ccc(OC(C)(C)C(=O)[O-])cc2)cc1. The fourth-order valence-electron chi connectivity index (χ4n) is 3.00. The van der Waals surface area contributed by atoms with Crippen LogP contribution in [0.5, 0.6) is 11.5 Å². The lowest BCUT2D eigenvalue weighted by molar-refractivity contribution is -0.320. The Hall–Kier alpha value is -3.51. The summed E-state index contributed by atoms with van der Waals surface area (Å²) < 4.78 is 10.7. The number of carboxylic acids is 1. The molecule has 166 valence electrons. The van der Waals surface area contributed by atoms with Crippen molar-refractivity contribution in [2.45, 2.75) is 26.0 Å². The van der Waals surface area contributed by atoms with E-state index in [1.807, 2.05) is 36.4 Å². The first-order chi connectivity index (χ1) is 15.2. The molecule has 0 saturated heterocycles. The van der Waals surface area contributed by atoms with Crippen LogP contribution in [0.15, 0.2) is 66.7 Å². The van der Waals surface area contributed by atoms with E-state index >= 15 is 0 Å². The average Bonchev–Trinajstić information content (AvgIpc) is 2.78. The highest BCUT2D eigenvalue weighted by Crippen LogP contribution is 2.25. The summed E-state index contributed by atoms with van der Waals surface area (Å²) in [6, 6.07) is 19.8. The maximum absolute atomic E-state index is 12.5. The van der Waals surface area contributed by atoms with E-state index in [4.69, 9.17) is 21.1 Å². The number of methoxy groups -OCH3 is 1. The average molecular weight is 453 g/mol. The normalized spacial score (nSPS) is 11.0. The highest BCUT2D eigenvalue weighted by Gasteiger charge is 2.21. The Bertz CT molecular complexity index is 1110. The molecule has 3 aromatic rings. The zero-order chi connectivity index (χ0) is 23.3. The summed E-state index contributed by atoms with van der Waals surface area (Å²) in [5.41, 5.74) is 1.81. The van der Waals surface area contributed by atoms with Crippen molar-refractivity contribution in [3.05, 3.63) is 82.9 Å². The first kappa shape index (κ1) is 23.2. The van der Waals surface area contributed by atoms with Crippen LogP contribution in [0.3, 0.4) is 0 Å². The predicted molar refractivity (Wildman–Crippen MR) is 121 cm³/mol. The Labute approximate surface area is 191 Å². The van der Waals surface area contributed by atoms with Gasteiger partial charge in [0.15, 0.2) is 0 Å². The molecule has 0 heterocycles. The minimum Gasteiger partial charge on any atom is -0.546 e. The summed E-state index contributed by atoms with van der Waals surface area (Å²) in [4.78, 5) is 23.6. The lowest BCUT2D eigenvalue weighted by Crippen LogP contribution is -2.47. The van der Waals surface area contributed by atoms with E-state index in [1.54, 1.807) is 30.3 Å². The van der Waals surface area contributed by atoms with E-state index in [1.165, 1.54) is 21.0 Å². The molecule has 0 atom stereocenters. The number of rotatable bonds is 8. The Kier molecular flexibility index (Phi) is 7.05. The van der Waals surface area contributed by atoms with Gasteiger partial charge in [-0.2, -0.15) is 0 Å². The highest BCUT2D eigenvalue weighted by molar-refractivity contribution is 6.31. The first-order valence-electron chi connectivity index (χ1n) is 9.91. The van der Waals surface area contributed by atoms with Gasteiger partial charge in [0.25, 0.3) is 5.91 Å². The maximum atomic E-state index is 12.5. The number of benzene rings is 3. The molecule has 0 fully saturated rings. The van der Waals surface area contributed by atoms with E-state index in [9.17, 15) is 14.7 Å².